The minimum absolute atomic E-state index is 0.0625. The van der Waals surface area contributed by atoms with E-state index in [0.29, 0.717) is 21.8 Å². The maximum atomic E-state index is 13.9. The van der Waals surface area contributed by atoms with Gasteiger partial charge in [0.2, 0.25) is 5.91 Å². The van der Waals surface area contributed by atoms with Gasteiger partial charge < -0.3 is 10.2 Å². The number of nitrogens with one attached hydrogen (secondary N) is 1. The maximum absolute atomic E-state index is 13.9. The summed E-state index contributed by atoms with van der Waals surface area (Å²) < 4.78 is 0. The van der Waals surface area contributed by atoms with Crippen molar-refractivity contribution in [1.29, 1.82) is 0 Å². The van der Waals surface area contributed by atoms with Crippen LogP contribution in [-0.4, -0.2) is 27.7 Å². The van der Waals surface area contributed by atoms with Gasteiger partial charge in [-0.15, -0.1) is 0 Å². The number of benzene rings is 1. The van der Waals surface area contributed by atoms with Crippen molar-refractivity contribution in [3.05, 3.63) is 80.6 Å². The smallest absolute Gasteiger partial charge is 0.257 e. The molecule has 1 aliphatic heterocycles. The van der Waals surface area contributed by atoms with E-state index >= 15 is 0 Å². The van der Waals surface area contributed by atoms with E-state index in [1.165, 1.54) is 0 Å². The van der Waals surface area contributed by atoms with Gasteiger partial charge in [0, 0.05) is 16.5 Å². The number of halogens is 3. The normalized spacial score (nSPS) is 23.9. The summed E-state index contributed by atoms with van der Waals surface area (Å²) in [5, 5.41) is 4.02. The van der Waals surface area contributed by atoms with E-state index in [9.17, 15) is 9.59 Å². The van der Waals surface area contributed by atoms with Crippen molar-refractivity contribution in [2.75, 3.05) is 5.32 Å². The molecular formula is C24H22Cl3N3O2. The number of anilines is 1. The summed E-state index contributed by atoms with van der Waals surface area (Å²) in [7, 11) is 0. The van der Waals surface area contributed by atoms with Gasteiger partial charge in [0.05, 0.1) is 17.3 Å². The molecule has 8 heteroatoms. The highest BCUT2D eigenvalue weighted by atomic mass is 35.5. The van der Waals surface area contributed by atoms with Gasteiger partial charge in [-0.2, -0.15) is 0 Å². The van der Waals surface area contributed by atoms with Gasteiger partial charge in [-0.05, 0) is 44.0 Å². The lowest BCUT2D eigenvalue weighted by molar-refractivity contribution is -0.122. The van der Waals surface area contributed by atoms with Gasteiger partial charge in [-0.1, -0.05) is 71.6 Å². The van der Waals surface area contributed by atoms with Crippen molar-refractivity contribution in [2.45, 2.75) is 32.9 Å². The first kappa shape index (κ1) is 22.8. The van der Waals surface area contributed by atoms with Crippen molar-refractivity contribution in [3.8, 4) is 0 Å². The van der Waals surface area contributed by atoms with Crippen LogP contribution in [0.2, 0.25) is 10.3 Å². The Bertz CT molecular complexity index is 1160. The van der Waals surface area contributed by atoms with Crippen LogP contribution >= 0.6 is 34.8 Å². The molecule has 0 radical (unpaired) electrons. The van der Waals surface area contributed by atoms with E-state index in [2.05, 4.69) is 10.3 Å². The molecule has 1 aliphatic carbocycles. The van der Waals surface area contributed by atoms with E-state index in [0.717, 1.165) is 5.56 Å². The third kappa shape index (κ3) is 4.17. The lowest BCUT2D eigenvalue weighted by atomic mass is 9.82. The number of pyridine rings is 1. The number of allylic oxidation sites excluding steroid dienone is 3. The number of nitrogens with zero attached hydrogens (tertiary/aromatic N) is 2. The molecule has 1 aromatic heterocycles. The molecular weight excluding hydrogens is 469 g/mol. The number of fused-ring (bicyclic) bond motifs is 1. The van der Waals surface area contributed by atoms with Gasteiger partial charge in [0.25, 0.3) is 5.91 Å². The number of hydrogen-bond donors (Lipinski definition) is 1. The van der Waals surface area contributed by atoms with Crippen molar-refractivity contribution in [1.82, 2.24) is 9.88 Å². The predicted molar refractivity (Wildman–Crippen MR) is 128 cm³/mol. The summed E-state index contributed by atoms with van der Waals surface area (Å²) in [4.78, 5) is 33.2. The minimum Gasteiger partial charge on any atom is -0.324 e. The number of carbonyl (C=O) groups excluding carboxylic acids is 2. The monoisotopic (exact) mass is 489 g/mol. The fraction of sp³-hybridized carbons (Fsp3) is 0.292. The fourth-order valence-corrected chi connectivity index (χ4v) is 5.17. The molecule has 4 atom stereocenters. The average Bonchev–Trinajstić information content (AvgIpc) is 2.82. The average molecular weight is 491 g/mol. The molecule has 2 aliphatic rings. The summed E-state index contributed by atoms with van der Waals surface area (Å²) in [5.41, 5.74) is 2.46. The molecule has 5 nitrogen and oxygen atoms in total. The quantitative estimate of drug-likeness (QED) is 0.524. The molecule has 0 spiro atoms. The second-order valence-electron chi connectivity index (χ2n) is 8.23. The van der Waals surface area contributed by atoms with E-state index < -0.39 is 12.1 Å². The molecule has 0 fully saturated rings. The van der Waals surface area contributed by atoms with Crippen LogP contribution in [0, 0.1) is 18.8 Å². The standard InChI is InChI=1S/C24H22Cl3N3O2/c1-12-4-8-19-18(10-12)24(32)30(14(3)17-7-9-20(26)29-22(17)27)21(23(31)28-19)16-6-5-15(25)11-13(16)2/h4-11,13-14,16,21H,1-3H3,(H,28,31). The summed E-state index contributed by atoms with van der Waals surface area (Å²) in [6.07, 6.45) is 5.56. The summed E-state index contributed by atoms with van der Waals surface area (Å²) in [5.74, 6) is -0.864. The largest absolute Gasteiger partial charge is 0.324 e. The van der Waals surface area contributed by atoms with Crippen LogP contribution in [0.4, 0.5) is 5.69 Å². The molecule has 4 unspecified atom stereocenters. The molecule has 2 heterocycles. The topological polar surface area (TPSA) is 62.3 Å². The Labute approximate surface area is 202 Å². The van der Waals surface area contributed by atoms with Crippen LogP contribution in [0.5, 0.6) is 0 Å². The molecule has 0 saturated heterocycles. The number of amides is 2. The Morgan fingerprint density at radius 2 is 1.88 bits per heavy atom. The van der Waals surface area contributed by atoms with Gasteiger partial charge in [0.15, 0.2) is 0 Å². The Balaban J connectivity index is 1.87. The maximum Gasteiger partial charge on any atom is 0.257 e. The number of rotatable bonds is 3. The Hall–Kier alpha value is -2.34. The number of aryl methyl sites for hydroxylation is 1. The highest BCUT2D eigenvalue weighted by Gasteiger charge is 2.44. The molecule has 4 rings (SSSR count). The number of carbonyl (C=O) groups is 2. The lowest BCUT2D eigenvalue weighted by Gasteiger charge is -2.40. The first-order valence-electron chi connectivity index (χ1n) is 10.3. The van der Waals surface area contributed by atoms with E-state index in [1.807, 2.05) is 39.0 Å². The SMILES string of the molecule is Cc1ccc2c(c1)C(=O)N(C(C)c1ccc(Cl)nc1Cl)C(C1C=CC(Cl)=CC1C)C(=O)N2. The van der Waals surface area contributed by atoms with E-state index in [1.54, 1.807) is 35.2 Å². The van der Waals surface area contributed by atoms with Crippen LogP contribution in [-0.2, 0) is 4.79 Å². The third-order valence-electron chi connectivity index (χ3n) is 6.05. The van der Waals surface area contributed by atoms with Gasteiger partial charge in [0.1, 0.15) is 16.3 Å². The van der Waals surface area contributed by atoms with Crippen LogP contribution in [0.25, 0.3) is 0 Å². The summed E-state index contributed by atoms with van der Waals surface area (Å²) in [6, 6.07) is 7.46. The molecule has 1 aromatic carbocycles. The van der Waals surface area contributed by atoms with Gasteiger partial charge in [-0.3, -0.25) is 9.59 Å². The Morgan fingerprint density at radius 1 is 1.12 bits per heavy atom. The van der Waals surface area contributed by atoms with E-state index in [-0.39, 0.29) is 34.0 Å². The zero-order valence-corrected chi connectivity index (χ0v) is 20.0. The Kier molecular flexibility index (Phi) is 6.35. The Morgan fingerprint density at radius 3 is 2.56 bits per heavy atom. The molecule has 32 heavy (non-hydrogen) atoms. The van der Waals surface area contributed by atoms with Gasteiger partial charge >= 0.3 is 0 Å². The molecule has 2 amide bonds. The minimum atomic E-state index is -0.788. The second kappa shape index (κ2) is 8.89. The molecule has 1 N–H and O–H groups in total. The van der Waals surface area contributed by atoms with Crippen LogP contribution < -0.4 is 5.32 Å². The number of hydrogen-bond acceptors (Lipinski definition) is 3. The van der Waals surface area contributed by atoms with Crippen molar-refractivity contribution < 1.29 is 9.59 Å². The summed E-state index contributed by atoms with van der Waals surface area (Å²) >= 11 is 18.6. The molecule has 2 aromatic rings. The molecule has 0 saturated carbocycles. The first-order valence-corrected chi connectivity index (χ1v) is 11.4. The molecule has 166 valence electrons. The first-order chi connectivity index (χ1) is 15.2. The lowest BCUT2D eigenvalue weighted by Crippen LogP contribution is -2.51. The number of aromatic nitrogens is 1. The van der Waals surface area contributed by atoms with Crippen molar-refractivity contribution in [2.24, 2.45) is 11.8 Å². The van der Waals surface area contributed by atoms with Crippen LogP contribution in [0.3, 0.4) is 0 Å². The highest BCUT2D eigenvalue weighted by Crippen LogP contribution is 2.39. The molecule has 0 bridgehead atoms. The van der Waals surface area contributed by atoms with Crippen molar-refractivity contribution in [3.63, 3.8) is 0 Å². The van der Waals surface area contributed by atoms with Gasteiger partial charge in [-0.25, -0.2) is 4.98 Å². The second-order valence-corrected chi connectivity index (χ2v) is 9.41. The third-order valence-corrected chi connectivity index (χ3v) is 6.81. The summed E-state index contributed by atoms with van der Waals surface area (Å²) in [6.45, 7) is 5.73. The highest BCUT2D eigenvalue weighted by molar-refractivity contribution is 6.33. The zero-order chi connectivity index (χ0) is 23.2. The predicted octanol–water partition coefficient (Wildman–Crippen LogP) is 6.17. The fourth-order valence-electron chi connectivity index (χ4n) is 4.39. The van der Waals surface area contributed by atoms with E-state index in [4.69, 9.17) is 34.8 Å². The van der Waals surface area contributed by atoms with Crippen LogP contribution in [0.1, 0.15) is 41.4 Å². The zero-order valence-electron chi connectivity index (χ0n) is 17.8. The van der Waals surface area contributed by atoms with Crippen molar-refractivity contribution >= 4 is 52.3 Å². The van der Waals surface area contributed by atoms with Crippen LogP contribution in [0.15, 0.2) is 53.6 Å².